The topological polar surface area (TPSA) is 120 Å². The normalized spacial score (nSPS) is 13.2. The molecule has 2 rings (SSSR count). The summed E-state index contributed by atoms with van der Waals surface area (Å²) in [7, 11) is 3.54. The van der Waals surface area contributed by atoms with E-state index in [0.717, 1.165) is 43.1 Å². The van der Waals surface area contributed by atoms with Gasteiger partial charge >= 0.3 is 0 Å². The molecule has 176 valence electrons. The fraction of sp³-hybridized carbons (Fsp3) is 0.625. The number of aliphatic imine (C=N–C) groups is 1. The number of hydrogen-bond acceptors (Lipinski definition) is 4. The average molecular weight is 435 g/mol. The summed E-state index contributed by atoms with van der Waals surface area (Å²) in [4.78, 5) is 24.7. The van der Waals surface area contributed by atoms with Crippen LogP contribution in [0.5, 0.6) is 5.75 Å². The van der Waals surface area contributed by atoms with Gasteiger partial charge in [-0.05, 0) is 49.5 Å². The van der Waals surface area contributed by atoms with Crippen molar-refractivity contribution in [2.75, 3.05) is 20.7 Å². The fourth-order valence-electron chi connectivity index (χ4n) is 3.33. The highest BCUT2D eigenvalue weighted by atomic mass is 16.5. The summed E-state index contributed by atoms with van der Waals surface area (Å²) < 4.78 is 5.02. The van der Waals surface area contributed by atoms with Crippen LogP contribution in [-0.2, 0) is 16.0 Å². The summed E-state index contributed by atoms with van der Waals surface area (Å²) in [6.07, 6.45) is 10.1. The molecule has 0 saturated heterocycles. The van der Waals surface area contributed by atoms with E-state index in [4.69, 9.17) is 16.2 Å². The molecule has 1 aromatic rings. The molecule has 7 heteroatoms. The van der Waals surface area contributed by atoms with Gasteiger partial charge in [0, 0.05) is 6.42 Å². The van der Waals surface area contributed by atoms with E-state index < -0.39 is 0 Å². The zero-order valence-electron chi connectivity index (χ0n) is 19.7. The average Bonchev–Trinajstić information content (AvgIpc) is 2.73. The van der Waals surface area contributed by atoms with Crippen molar-refractivity contribution in [3.8, 4) is 5.75 Å². The first-order chi connectivity index (χ1) is 14.8. The molecule has 1 aliphatic rings. The molecule has 7 nitrogen and oxygen atoms in total. The fourth-order valence-corrected chi connectivity index (χ4v) is 3.33. The number of nitrogens with two attached hydrogens (primary N) is 2. The van der Waals surface area contributed by atoms with Crippen molar-refractivity contribution in [3.05, 3.63) is 29.8 Å². The number of nitrogens with zero attached hydrogens (tertiary/aromatic N) is 1. The second-order valence-corrected chi connectivity index (χ2v) is 8.16. The predicted octanol–water partition coefficient (Wildman–Crippen LogP) is 3.45. The Balaban J connectivity index is 0.000000484. The summed E-state index contributed by atoms with van der Waals surface area (Å²) in [5, 5.41) is 3.07. The van der Waals surface area contributed by atoms with Crippen molar-refractivity contribution >= 4 is 18.2 Å². The summed E-state index contributed by atoms with van der Waals surface area (Å²) >= 11 is 0. The van der Waals surface area contributed by atoms with E-state index in [1.54, 1.807) is 25.3 Å². The number of amides is 1. The van der Waals surface area contributed by atoms with E-state index in [1.165, 1.54) is 32.1 Å². The molecule has 0 aliphatic heterocycles. The third-order valence-corrected chi connectivity index (χ3v) is 4.77. The Labute approximate surface area is 188 Å². The molecule has 31 heavy (non-hydrogen) atoms. The predicted molar refractivity (Wildman–Crippen MR) is 128 cm³/mol. The third-order valence-electron chi connectivity index (χ3n) is 4.77. The molecule has 5 N–H and O–H groups in total. The van der Waals surface area contributed by atoms with Gasteiger partial charge in [0.25, 0.3) is 5.91 Å². The Morgan fingerprint density at radius 3 is 2.42 bits per heavy atom. The highest BCUT2D eigenvalue weighted by molar-refractivity contribution is 5.92. The Hall–Kier alpha value is -2.41. The van der Waals surface area contributed by atoms with Gasteiger partial charge in [-0.3, -0.25) is 4.79 Å². The SMILES string of the molecule is CNCC(C)C.COc1cccc(CC(=O)N=C(N)N)c1.O=CCCC1CCCCC1. The number of carbonyl (C=O) groups is 2. The molecule has 1 fully saturated rings. The lowest BCUT2D eigenvalue weighted by atomic mass is 9.86. The van der Waals surface area contributed by atoms with Gasteiger partial charge in [0.05, 0.1) is 13.5 Å². The lowest BCUT2D eigenvalue weighted by molar-refractivity contribution is -0.117. The number of rotatable bonds is 8. The summed E-state index contributed by atoms with van der Waals surface area (Å²) in [6, 6.07) is 7.17. The van der Waals surface area contributed by atoms with Gasteiger partial charge in [0.15, 0.2) is 5.96 Å². The van der Waals surface area contributed by atoms with Crippen LogP contribution in [0.25, 0.3) is 0 Å². The number of carbonyl (C=O) groups excluding carboxylic acids is 2. The number of nitrogens with one attached hydrogen (secondary N) is 1. The molecule has 0 bridgehead atoms. The van der Waals surface area contributed by atoms with Gasteiger partial charge in [0.2, 0.25) is 0 Å². The zero-order chi connectivity index (χ0) is 23.5. The van der Waals surface area contributed by atoms with Crippen molar-refractivity contribution in [1.29, 1.82) is 0 Å². The zero-order valence-corrected chi connectivity index (χ0v) is 19.7. The minimum Gasteiger partial charge on any atom is -0.497 e. The maximum atomic E-state index is 11.2. The molecule has 1 amide bonds. The van der Waals surface area contributed by atoms with E-state index in [2.05, 4.69) is 24.2 Å². The molecule has 1 saturated carbocycles. The third kappa shape index (κ3) is 17.0. The second-order valence-electron chi connectivity index (χ2n) is 8.16. The largest absolute Gasteiger partial charge is 0.497 e. The molecule has 0 unspecified atom stereocenters. The lowest BCUT2D eigenvalue weighted by Gasteiger charge is -2.19. The van der Waals surface area contributed by atoms with E-state index in [9.17, 15) is 9.59 Å². The van der Waals surface area contributed by atoms with Crippen molar-refractivity contribution in [1.82, 2.24) is 5.32 Å². The first-order valence-electron chi connectivity index (χ1n) is 11.2. The van der Waals surface area contributed by atoms with Gasteiger partial charge in [-0.25, -0.2) is 0 Å². The molecule has 0 atom stereocenters. The van der Waals surface area contributed by atoms with E-state index in [0.29, 0.717) is 5.75 Å². The van der Waals surface area contributed by atoms with Crippen LogP contribution in [0.2, 0.25) is 0 Å². The van der Waals surface area contributed by atoms with E-state index >= 15 is 0 Å². The Morgan fingerprint density at radius 2 is 1.94 bits per heavy atom. The van der Waals surface area contributed by atoms with Crippen LogP contribution in [0.1, 0.15) is 64.4 Å². The monoisotopic (exact) mass is 434 g/mol. The van der Waals surface area contributed by atoms with Crippen LogP contribution in [0, 0.1) is 11.8 Å². The molecular formula is C24H42N4O3. The molecule has 1 aromatic carbocycles. The van der Waals surface area contributed by atoms with Crippen molar-refractivity contribution in [2.45, 2.75) is 65.2 Å². The van der Waals surface area contributed by atoms with Gasteiger partial charge < -0.3 is 26.3 Å². The van der Waals surface area contributed by atoms with Crippen LogP contribution in [0.15, 0.2) is 29.3 Å². The summed E-state index contributed by atoms with van der Waals surface area (Å²) in [6.45, 7) is 5.51. The van der Waals surface area contributed by atoms with Gasteiger partial charge in [-0.15, -0.1) is 0 Å². The minimum absolute atomic E-state index is 0.162. The molecule has 0 aromatic heterocycles. The quantitative estimate of drug-likeness (QED) is 0.327. The van der Waals surface area contributed by atoms with Crippen LogP contribution in [0.4, 0.5) is 0 Å². The first kappa shape index (κ1) is 28.6. The number of ether oxygens (including phenoxy) is 1. The molecule has 0 heterocycles. The molecule has 0 radical (unpaired) electrons. The van der Waals surface area contributed by atoms with E-state index in [1.807, 2.05) is 13.1 Å². The summed E-state index contributed by atoms with van der Waals surface area (Å²) in [5.74, 6) is 1.77. The standard InChI is InChI=1S/C10H13N3O2.C9H16O.C5H13N/c1-15-8-4-2-3-7(5-8)6-9(14)13-10(11)12;10-8-4-7-9-5-2-1-3-6-9;1-5(2)4-6-3/h2-5H,6H2,1H3,(H4,11,12,13,14);8-9H,1-7H2;5-6H,4H2,1-3H3. The highest BCUT2D eigenvalue weighted by Crippen LogP contribution is 2.26. The van der Waals surface area contributed by atoms with Crippen LogP contribution < -0.4 is 21.5 Å². The van der Waals surface area contributed by atoms with Crippen molar-refractivity contribution < 1.29 is 14.3 Å². The summed E-state index contributed by atoms with van der Waals surface area (Å²) in [5.41, 5.74) is 11.0. The van der Waals surface area contributed by atoms with Crippen molar-refractivity contribution in [2.24, 2.45) is 28.3 Å². The Kier molecular flexibility index (Phi) is 16.9. The second kappa shape index (κ2) is 18.4. The molecule has 0 spiro atoms. The van der Waals surface area contributed by atoms with Crippen LogP contribution in [0.3, 0.4) is 0 Å². The Bertz CT molecular complexity index is 637. The maximum Gasteiger partial charge on any atom is 0.253 e. The minimum atomic E-state index is -0.372. The van der Waals surface area contributed by atoms with Crippen molar-refractivity contribution in [3.63, 3.8) is 0 Å². The number of hydrogen-bond donors (Lipinski definition) is 3. The number of methoxy groups -OCH3 is 1. The highest BCUT2D eigenvalue weighted by Gasteiger charge is 2.11. The number of aldehydes is 1. The molecular weight excluding hydrogens is 392 g/mol. The lowest BCUT2D eigenvalue weighted by Crippen LogP contribution is -2.24. The van der Waals surface area contributed by atoms with Gasteiger partial charge in [-0.2, -0.15) is 4.99 Å². The van der Waals surface area contributed by atoms with Crippen LogP contribution >= 0.6 is 0 Å². The van der Waals surface area contributed by atoms with Gasteiger partial charge in [0.1, 0.15) is 12.0 Å². The van der Waals surface area contributed by atoms with Gasteiger partial charge in [-0.1, -0.05) is 58.1 Å². The maximum absolute atomic E-state index is 11.2. The first-order valence-corrected chi connectivity index (χ1v) is 11.2. The molecule has 1 aliphatic carbocycles. The number of guanidine groups is 1. The van der Waals surface area contributed by atoms with Crippen LogP contribution in [-0.4, -0.2) is 38.9 Å². The Morgan fingerprint density at radius 1 is 1.26 bits per heavy atom. The van der Waals surface area contributed by atoms with E-state index in [-0.39, 0.29) is 18.3 Å². The number of benzene rings is 1. The smallest absolute Gasteiger partial charge is 0.253 e.